The van der Waals surface area contributed by atoms with E-state index in [0.717, 1.165) is 16.3 Å². The molecule has 0 aliphatic carbocycles. The molecule has 2 rings (SSSR count). The van der Waals surface area contributed by atoms with Crippen LogP contribution < -0.4 is 5.32 Å². The fourth-order valence-corrected chi connectivity index (χ4v) is 3.29. The summed E-state index contributed by atoms with van der Waals surface area (Å²) in [5, 5.41) is 14.1. The van der Waals surface area contributed by atoms with E-state index in [1.54, 1.807) is 12.1 Å². The Morgan fingerprint density at radius 3 is 2.48 bits per heavy atom. The summed E-state index contributed by atoms with van der Waals surface area (Å²) in [5.74, 6) is -0.374. The van der Waals surface area contributed by atoms with Gasteiger partial charge in [-0.2, -0.15) is 5.26 Å². The van der Waals surface area contributed by atoms with Gasteiger partial charge in [0.2, 0.25) is 0 Å². The SMILES string of the molecule is CSC1=C(C#N)[C@H](c2ccc(Cl)cc2)C(C(C)=O)=C(C)N1. The molecule has 0 fully saturated rings. The van der Waals surface area contributed by atoms with E-state index in [9.17, 15) is 10.1 Å². The monoisotopic (exact) mass is 318 g/mol. The molecule has 3 nitrogen and oxygen atoms in total. The highest BCUT2D eigenvalue weighted by Crippen LogP contribution is 2.40. The van der Waals surface area contributed by atoms with Gasteiger partial charge in [0.25, 0.3) is 0 Å². The molecular formula is C16H15ClN2OS. The fraction of sp³-hybridized carbons (Fsp3) is 0.250. The standard InChI is InChI=1S/C16H15ClN2OS/c1-9-14(10(2)20)15(11-4-6-12(17)7-5-11)13(8-18)16(19-9)21-3/h4-7,15,19H,1-3H3/t15-/m0/s1. The number of rotatable bonds is 3. The molecule has 0 unspecified atom stereocenters. The number of benzene rings is 1. The molecule has 1 aromatic rings. The zero-order valence-corrected chi connectivity index (χ0v) is 13.6. The summed E-state index contributed by atoms with van der Waals surface area (Å²) in [4.78, 5) is 12.1. The number of thioether (sulfide) groups is 1. The Morgan fingerprint density at radius 2 is 2.00 bits per heavy atom. The highest BCUT2D eigenvalue weighted by molar-refractivity contribution is 8.02. The van der Waals surface area contributed by atoms with Gasteiger partial charge in [-0.1, -0.05) is 23.7 Å². The zero-order chi connectivity index (χ0) is 15.6. The van der Waals surface area contributed by atoms with E-state index >= 15 is 0 Å². The summed E-state index contributed by atoms with van der Waals surface area (Å²) in [7, 11) is 0. The number of halogens is 1. The molecule has 1 N–H and O–H groups in total. The lowest BCUT2D eigenvalue weighted by Crippen LogP contribution is -2.26. The number of nitrogens with zero attached hydrogens (tertiary/aromatic N) is 1. The van der Waals surface area contributed by atoms with Crippen molar-refractivity contribution in [2.24, 2.45) is 0 Å². The van der Waals surface area contributed by atoms with E-state index < -0.39 is 0 Å². The lowest BCUT2D eigenvalue weighted by Gasteiger charge is -2.28. The summed E-state index contributed by atoms with van der Waals surface area (Å²) in [5.41, 5.74) is 2.90. The second kappa shape index (κ2) is 6.38. The molecule has 0 spiro atoms. The number of carbonyl (C=O) groups is 1. The van der Waals surface area contributed by atoms with Crippen LogP contribution in [0.3, 0.4) is 0 Å². The first-order chi connectivity index (χ1) is 9.99. The van der Waals surface area contributed by atoms with Gasteiger partial charge in [-0.3, -0.25) is 4.79 Å². The number of nitriles is 1. The van der Waals surface area contributed by atoms with Gasteiger partial charge in [0.15, 0.2) is 5.78 Å². The van der Waals surface area contributed by atoms with Crippen LogP contribution in [0.4, 0.5) is 0 Å². The van der Waals surface area contributed by atoms with Crippen LogP contribution in [0.25, 0.3) is 0 Å². The first-order valence-corrected chi connectivity index (χ1v) is 8.02. The summed E-state index contributed by atoms with van der Waals surface area (Å²) in [6.45, 7) is 3.40. The third-order valence-corrected chi connectivity index (χ3v) is 4.42. The largest absolute Gasteiger partial charge is 0.353 e. The highest BCUT2D eigenvalue weighted by atomic mass is 35.5. The van der Waals surface area contributed by atoms with Crippen molar-refractivity contribution in [1.29, 1.82) is 5.26 Å². The molecular weight excluding hydrogens is 304 g/mol. The molecule has 0 radical (unpaired) electrons. The zero-order valence-electron chi connectivity index (χ0n) is 12.0. The number of dihydropyridines is 1. The van der Waals surface area contributed by atoms with Crippen molar-refractivity contribution in [2.45, 2.75) is 19.8 Å². The Bertz CT molecular complexity index is 683. The first-order valence-electron chi connectivity index (χ1n) is 6.42. The van der Waals surface area contributed by atoms with E-state index in [1.165, 1.54) is 18.7 Å². The van der Waals surface area contributed by atoms with Crippen LogP contribution in [0.2, 0.25) is 5.02 Å². The Hall–Kier alpha value is -1.70. The van der Waals surface area contributed by atoms with Gasteiger partial charge >= 0.3 is 0 Å². The van der Waals surface area contributed by atoms with Gasteiger partial charge in [-0.15, -0.1) is 11.8 Å². The van der Waals surface area contributed by atoms with Crippen LogP contribution in [0, 0.1) is 11.3 Å². The van der Waals surface area contributed by atoms with Crippen molar-refractivity contribution in [1.82, 2.24) is 5.32 Å². The normalized spacial score (nSPS) is 18.3. The highest BCUT2D eigenvalue weighted by Gasteiger charge is 2.32. The number of ketones is 1. The lowest BCUT2D eigenvalue weighted by molar-refractivity contribution is -0.113. The van der Waals surface area contributed by atoms with E-state index in [4.69, 9.17) is 11.6 Å². The molecule has 108 valence electrons. The van der Waals surface area contributed by atoms with Crippen LogP contribution in [0.1, 0.15) is 25.3 Å². The second-order valence-electron chi connectivity index (χ2n) is 4.76. The quantitative estimate of drug-likeness (QED) is 0.915. The maximum atomic E-state index is 12.1. The number of hydrogen-bond donors (Lipinski definition) is 1. The van der Waals surface area contributed by atoms with Crippen LogP contribution in [0.5, 0.6) is 0 Å². The number of Topliss-reactive ketones (excluding diaryl/α,β-unsaturated/α-hetero) is 1. The number of nitrogens with one attached hydrogen (secondary N) is 1. The van der Waals surface area contributed by atoms with Gasteiger partial charge < -0.3 is 5.32 Å². The molecule has 0 amide bonds. The molecule has 1 aliphatic heterocycles. The van der Waals surface area contributed by atoms with Gasteiger partial charge in [-0.05, 0) is 37.8 Å². The number of hydrogen-bond acceptors (Lipinski definition) is 4. The van der Waals surface area contributed by atoms with Crippen molar-refractivity contribution in [3.63, 3.8) is 0 Å². The molecule has 1 heterocycles. The summed E-state index contributed by atoms with van der Waals surface area (Å²) in [6.07, 6.45) is 1.91. The topological polar surface area (TPSA) is 52.9 Å². The van der Waals surface area contributed by atoms with Crippen molar-refractivity contribution in [3.05, 3.63) is 56.7 Å². The number of carbonyl (C=O) groups excluding carboxylic acids is 1. The molecule has 21 heavy (non-hydrogen) atoms. The third-order valence-electron chi connectivity index (χ3n) is 3.43. The Morgan fingerprint density at radius 1 is 1.38 bits per heavy atom. The first kappa shape index (κ1) is 15.7. The van der Waals surface area contributed by atoms with Gasteiger partial charge in [0.05, 0.1) is 22.6 Å². The predicted molar refractivity (Wildman–Crippen MR) is 86.9 cm³/mol. The average molecular weight is 319 g/mol. The molecule has 0 aromatic heterocycles. The summed E-state index contributed by atoms with van der Waals surface area (Å²) in [6, 6.07) is 9.54. The molecule has 1 aliphatic rings. The van der Waals surface area contributed by atoms with Crippen molar-refractivity contribution in [2.75, 3.05) is 6.26 Å². The molecule has 1 aromatic carbocycles. The maximum Gasteiger partial charge on any atom is 0.158 e. The van der Waals surface area contributed by atoms with Gasteiger partial charge in [0, 0.05) is 16.3 Å². The van der Waals surface area contributed by atoms with Crippen LogP contribution in [-0.4, -0.2) is 12.0 Å². The summed E-state index contributed by atoms with van der Waals surface area (Å²) < 4.78 is 0. The fourth-order valence-electron chi connectivity index (χ4n) is 2.53. The molecule has 0 saturated heterocycles. The third kappa shape index (κ3) is 2.99. The molecule has 0 saturated carbocycles. The van der Waals surface area contributed by atoms with Crippen LogP contribution in [-0.2, 0) is 4.79 Å². The second-order valence-corrected chi connectivity index (χ2v) is 6.02. The van der Waals surface area contributed by atoms with E-state index in [-0.39, 0.29) is 11.7 Å². The smallest absolute Gasteiger partial charge is 0.158 e. The minimum absolute atomic E-state index is 0.0344. The number of allylic oxidation sites excluding steroid dienone is 3. The lowest BCUT2D eigenvalue weighted by atomic mass is 9.81. The maximum absolute atomic E-state index is 12.1. The average Bonchev–Trinajstić information content (AvgIpc) is 2.46. The minimum Gasteiger partial charge on any atom is -0.353 e. The molecule has 0 bridgehead atoms. The van der Waals surface area contributed by atoms with Crippen molar-refractivity contribution in [3.8, 4) is 6.07 Å². The van der Waals surface area contributed by atoms with Crippen LogP contribution >= 0.6 is 23.4 Å². The predicted octanol–water partition coefficient (Wildman–Crippen LogP) is 3.99. The Labute approximate surface area is 133 Å². The van der Waals surface area contributed by atoms with Gasteiger partial charge in [-0.25, -0.2) is 0 Å². The van der Waals surface area contributed by atoms with E-state index in [0.29, 0.717) is 16.2 Å². The van der Waals surface area contributed by atoms with Crippen LogP contribution in [0.15, 0.2) is 46.1 Å². The van der Waals surface area contributed by atoms with E-state index in [1.807, 2.05) is 25.3 Å². The van der Waals surface area contributed by atoms with Crippen molar-refractivity contribution < 1.29 is 4.79 Å². The van der Waals surface area contributed by atoms with E-state index in [2.05, 4.69) is 11.4 Å². The molecule has 1 atom stereocenters. The van der Waals surface area contributed by atoms with Gasteiger partial charge in [0.1, 0.15) is 0 Å². The Kier molecular flexibility index (Phi) is 4.76. The molecule has 5 heteroatoms. The summed E-state index contributed by atoms with van der Waals surface area (Å²) >= 11 is 7.40. The Balaban J connectivity index is 2.66. The minimum atomic E-state index is -0.339. The van der Waals surface area contributed by atoms with Crippen molar-refractivity contribution >= 4 is 29.1 Å².